The Bertz CT molecular complexity index is 687. The van der Waals surface area contributed by atoms with E-state index < -0.39 is 0 Å². The van der Waals surface area contributed by atoms with Crippen molar-refractivity contribution in [3.05, 3.63) is 65.2 Å². The average Bonchev–Trinajstić information content (AvgIpc) is 3.25. The molecule has 2 nitrogen and oxygen atoms in total. The van der Waals surface area contributed by atoms with Crippen molar-refractivity contribution in [2.75, 3.05) is 7.05 Å². The lowest BCUT2D eigenvalue weighted by Crippen LogP contribution is -2.42. The first-order valence-electron chi connectivity index (χ1n) is 9.25. The van der Waals surface area contributed by atoms with Crippen LogP contribution in [0.1, 0.15) is 48.5 Å². The van der Waals surface area contributed by atoms with Gasteiger partial charge in [0.25, 0.3) is 0 Å². The summed E-state index contributed by atoms with van der Waals surface area (Å²) in [6, 6.07) is 18.4. The second-order valence-electron chi connectivity index (χ2n) is 7.43. The molecule has 0 bridgehead atoms. The number of aryl methyl sites for hydroxylation is 1. The van der Waals surface area contributed by atoms with E-state index in [2.05, 4.69) is 67.4 Å². The van der Waals surface area contributed by atoms with Gasteiger partial charge in [0.2, 0.25) is 0 Å². The second-order valence-corrected chi connectivity index (χ2v) is 7.43. The summed E-state index contributed by atoms with van der Waals surface area (Å²) in [6.45, 7) is 2.12. The van der Waals surface area contributed by atoms with E-state index in [0.29, 0.717) is 12.1 Å². The van der Waals surface area contributed by atoms with Crippen molar-refractivity contribution in [3.8, 4) is 5.75 Å². The van der Waals surface area contributed by atoms with Crippen molar-refractivity contribution in [2.45, 2.75) is 57.2 Å². The molecule has 24 heavy (non-hydrogen) atoms. The van der Waals surface area contributed by atoms with Crippen LogP contribution in [0.2, 0.25) is 0 Å². The number of hydrogen-bond acceptors (Lipinski definition) is 2. The SMILES string of the molecule is Cc1ccc(O[C@@H]2c3ccccc3C[C@H]2N(C)C2CCCC2)cc1. The Morgan fingerprint density at radius 2 is 1.67 bits per heavy atom. The normalized spacial score (nSPS) is 23.6. The summed E-state index contributed by atoms with van der Waals surface area (Å²) < 4.78 is 6.51. The van der Waals surface area contributed by atoms with Crippen molar-refractivity contribution in [2.24, 2.45) is 0 Å². The van der Waals surface area contributed by atoms with Gasteiger partial charge in [-0.3, -0.25) is 4.90 Å². The highest BCUT2D eigenvalue weighted by atomic mass is 16.5. The summed E-state index contributed by atoms with van der Waals surface area (Å²) in [7, 11) is 2.30. The summed E-state index contributed by atoms with van der Waals surface area (Å²) in [6.07, 6.45) is 6.64. The lowest BCUT2D eigenvalue weighted by molar-refractivity contribution is 0.0689. The molecular weight excluding hydrogens is 294 g/mol. The Kier molecular flexibility index (Phi) is 4.32. The van der Waals surface area contributed by atoms with E-state index in [9.17, 15) is 0 Å². The van der Waals surface area contributed by atoms with Gasteiger partial charge in [-0.25, -0.2) is 0 Å². The summed E-state index contributed by atoms with van der Waals surface area (Å²) in [5.41, 5.74) is 4.09. The number of benzene rings is 2. The third-order valence-electron chi connectivity index (χ3n) is 5.85. The molecule has 1 fully saturated rings. The van der Waals surface area contributed by atoms with Crippen LogP contribution in [0.3, 0.4) is 0 Å². The number of hydrogen-bond donors (Lipinski definition) is 0. The molecule has 0 radical (unpaired) electrons. The lowest BCUT2D eigenvalue weighted by atomic mass is 10.1. The van der Waals surface area contributed by atoms with Crippen LogP contribution in [0, 0.1) is 6.92 Å². The molecule has 2 aromatic rings. The van der Waals surface area contributed by atoms with Gasteiger partial charge in [-0.1, -0.05) is 54.8 Å². The largest absolute Gasteiger partial charge is 0.484 e. The summed E-state index contributed by atoms with van der Waals surface area (Å²) in [4.78, 5) is 2.60. The van der Waals surface area contributed by atoms with Crippen molar-refractivity contribution >= 4 is 0 Å². The average molecular weight is 321 g/mol. The molecule has 0 amide bonds. The molecule has 126 valence electrons. The van der Waals surface area contributed by atoms with Crippen molar-refractivity contribution in [1.82, 2.24) is 4.90 Å². The van der Waals surface area contributed by atoms with Gasteiger partial charge < -0.3 is 4.74 Å². The van der Waals surface area contributed by atoms with Gasteiger partial charge in [-0.05, 0) is 56.5 Å². The number of ether oxygens (including phenoxy) is 1. The van der Waals surface area contributed by atoms with E-state index in [-0.39, 0.29) is 6.10 Å². The monoisotopic (exact) mass is 321 g/mol. The van der Waals surface area contributed by atoms with Crippen LogP contribution in [0.15, 0.2) is 48.5 Å². The van der Waals surface area contributed by atoms with E-state index in [1.807, 2.05) is 0 Å². The third-order valence-corrected chi connectivity index (χ3v) is 5.85. The van der Waals surface area contributed by atoms with Gasteiger partial charge in [0, 0.05) is 6.04 Å². The van der Waals surface area contributed by atoms with Crippen LogP contribution < -0.4 is 4.74 Å². The van der Waals surface area contributed by atoms with Crippen molar-refractivity contribution in [3.63, 3.8) is 0 Å². The standard InChI is InChI=1S/C22H27NO/c1-16-11-13-19(14-12-16)24-22-20-10-6-3-7-17(20)15-21(22)23(2)18-8-4-5-9-18/h3,6-7,10-14,18,21-22H,4-5,8-9,15H2,1-2H3/t21-,22-/m1/s1. The molecule has 0 unspecified atom stereocenters. The molecular formula is C22H27NO. The molecule has 0 saturated heterocycles. The molecule has 2 aliphatic carbocycles. The zero-order chi connectivity index (χ0) is 16.5. The van der Waals surface area contributed by atoms with Crippen LogP contribution >= 0.6 is 0 Å². The van der Waals surface area contributed by atoms with E-state index in [1.54, 1.807) is 0 Å². The highest BCUT2D eigenvalue weighted by Crippen LogP contribution is 2.39. The maximum Gasteiger partial charge on any atom is 0.140 e. The molecule has 0 aromatic heterocycles. The van der Waals surface area contributed by atoms with Gasteiger partial charge >= 0.3 is 0 Å². The molecule has 4 rings (SSSR count). The minimum atomic E-state index is 0.134. The van der Waals surface area contributed by atoms with E-state index in [4.69, 9.17) is 4.74 Å². The molecule has 0 spiro atoms. The second kappa shape index (κ2) is 6.60. The fraction of sp³-hybridized carbons (Fsp3) is 0.455. The third kappa shape index (κ3) is 2.95. The van der Waals surface area contributed by atoms with Crippen LogP contribution in [0.5, 0.6) is 5.75 Å². The van der Waals surface area contributed by atoms with Gasteiger partial charge in [-0.2, -0.15) is 0 Å². The zero-order valence-electron chi connectivity index (χ0n) is 14.7. The first kappa shape index (κ1) is 15.7. The number of rotatable bonds is 4. The highest BCUT2D eigenvalue weighted by Gasteiger charge is 2.39. The van der Waals surface area contributed by atoms with Crippen molar-refractivity contribution in [1.29, 1.82) is 0 Å². The Morgan fingerprint density at radius 1 is 0.958 bits per heavy atom. The number of likely N-dealkylation sites (N-methyl/N-ethyl adjacent to an activating group) is 1. The van der Waals surface area contributed by atoms with Gasteiger partial charge in [-0.15, -0.1) is 0 Å². The van der Waals surface area contributed by atoms with Gasteiger partial charge in [0.15, 0.2) is 0 Å². The Labute approximate surface area is 145 Å². The molecule has 0 N–H and O–H groups in total. The first-order valence-corrected chi connectivity index (χ1v) is 9.25. The van der Waals surface area contributed by atoms with Crippen molar-refractivity contribution < 1.29 is 4.74 Å². The van der Waals surface area contributed by atoms with Crippen LogP contribution in [0.25, 0.3) is 0 Å². The fourth-order valence-corrected chi connectivity index (χ4v) is 4.38. The maximum absolute atomic E-state index is 6.51. The van der Waals surface area contributed by atoms with Crippen LogP contribution in [0.4, 0.5) is 0 Å². The Balaban J connectivity index is 1.61. The molecule has 2 aliphatic rings. The molecule has 2 heteroatoms. The Hall–Kier alpha value is -1.80. The van der Waals surface area contributed by atoms with E-state index >= 15 is 0 Å². The quantitative estimate of drug-likeness (QED) is 0.793. The topological polar surface area (TPSA) is 12.5 Å². The predicted octanol–water partition coefficient (Wildman–Crippen LogP) is 4.91. The smallest absolute Gasteiger partial charge is 0.140 e. The predicted molar refractivity (Wildman–Crippen MR) is 98.5 cm³/mol. The highest BCUT2D eigenvalue weighted by molar-refractivity contribution is 5.38. The lowest BCUT2D eigenvalue weighted by Gasteiger charge is -2.34. The minimum absolute atomic E-state index is 0.134. The van der Waals surface area contributed by atoms with E-state index in [1.165, 1.54) is 42.4 Å². The first-order chi connectivity index (χ1) is 11.7. The minimum Gasteiger partial charge on any atom is -0.484 e. The van der Waals surface area contributed by atoms with Gasteiger partial charge in [0.05, 0.1) is 6.04 Å². The summed E-state index contributed by atoms with van der Waals surface area (Å²) in [5, 5.41) is 0. The van der Waals surface area contributed by atoms with E-state index in [0.717, 1.165) is 12.2 Å². The molecule has 0 aliphatic heterocycles. The van der Waals surface area contributed by atoms with Crippen LogP contribution in [-0.4, -0.2) is 24.0 Å². The fourth-order valence-electron chi connectivity index (χ4n) is 4.38. The number of nitrogens with zero attached hydrogens (tertiary/aromatic N) is 1. The Morgan fingerprint density at radius 3 is 2.42 bits per heavy atom. The zero-order valence-corrected chi connectivity index (χ0v) is 14.7. The summed E-state index contributed by atoms with van der Waals surface area (Å²) in [5.74, 6) is 0.979. The molecule has 1 saturated carbocycles. The molecule has 2 aromatic carbocycles. The summed E-state index contributed by atoms with van der Waals surface area (Å²) >= 11 is 0. The molecule has 2 atom stereocenters. The maximum atomic E-state index is 6.51. The van der Waals surface area contributed by atoms with Crippen LogP contribution in [-0.2, 0) is 6.42 Å². The van der Waals surface area contributed by atoms with Gasteiger partial charge in [0.1, 0.15) is 11.9 Å². The molecule has 0 heterocycles. The number of fused-ring (bicyclic) bond motifs is 1.